The number of hydrogen-bond donors (Lipinski definition) is 1. The first-order valence-electron chi connectivity index (χ1n) is 6.63. The molecule has 2 atom stereocenters. The normalized spacial score (nSPS) is 25.4. The van der Waals surface area contributed by atoms with Crippen LogP contribution in [-0.2, 0) is 4.79 Å². The number of alkyl halides is 1. The van der Waals surface area contributed by atoms with Gasteiger partial charge in [0.05, 0.1) is 0 Å². The first kappa shape index (κ1) is 13.8. The SMILES string of the molecule is CCC1CCCCC1NC(=O)CCCCCl. The van der Waals surface area contributed by atoms with Gasteiger partial charge in [0, 0.05) is 18.3 Å². The molecule has 1 amide bonds. The average Bonchev–Trinajstić information content (AvgIpc) is 2.30. The summed E-state index contributed by atoms with van der Waals surface area (Å²) in [5.41, 5.74) is 0. The summed E-state index contributed by atoms with van der Waals surface area (Å²) >= 11 is 5.59. The fourth-order valence-corrected chi connectivity index (χ4v) is 2.73. The smallest absolute Gasteiger partial charge is 0.220 e. The largest absolute Gasteiger partial charge is 0.353 e. The van der Waals surface area contributed by atoms with Gasteiger partial charge >= 0.3 is 0 Å². The van der Waals surface area contributed by atoms with Crippen LogP contribution < -0.4 is 5.32 Å². The highest BCUT2D eigenvalue weighted by molar-refractivity contribution is 6.17. The highest BCUT2D eigenvalue weighted by Gasteiger charge is 2.24. The van der Waals surface area contributed by atoms with Gasteiger partial charge in [0.2, 0.25) is 5.91 Å². The van der Waals surface area contributed by atoms with E-state index in [0.717, 1.165) is 12.8 Å². The third-order valence-electron chi connectivity index (χ3n) is 3.57. The van der Waals surface area contributed by atoms with Crippen LogP contribution in [0.2, 0.25) is 0 Å². The van der Waals surface area contributed by atoms with E-state index in [-0.39, 0.29) is 5.91 Å². The van der Waals surface area contributed by atoms with Crippen molar-refractivity contribution in [2.45, 2.75) is 64.3 Å². The molecule has 16 heavy (non-hydrogen) atoms. The zero-order valence-corrected chi connectivity index (χ0v) is 11.1. The molecule has 94 valence electrons. The minimum atomic E-state index is 0.218. The van der Waals surface area contributed by atoms with Crippen molar-refractivity contribution in [3.8, 4) is 0 Å². The molecule has 0 heterocycles. The number of halogens is 1. The first-order chi connectivity index (χ1) is 7.77. The lowest BCUT2D eigenvalue weighted by molar-refractivity contribution is -0.122. The third-order valence-corrected chi connectivity index (χ3v) is 3.83. The molecule has 2 nitrogen and oxygen atoms in total. The molecule has 1 saturated carbocycles. The van der Waals surface area contributed by atoms with Crippen molar-refractivity contribution in [2.24, 2.45) is 5.92 Å². The Morgan fingerprint density at radius 2 is 2.06 bits per heavy atom. The summed E-state index contributed by atoms with van der Waals surface area (Å²) in [6.45, 7) is 2.22. The second kappa shape index (κ2) is 7.94. The van der Waals surface area contributed by atoms with Crippen LogP contribution in [0.4, 0.5) is 0 Å². The van der Waals surface area contributed by atoms with E-state index in [4.69, 9.17) is 11.6 Å². The quantitative estimate of drug-likeness (QED) is 0.563. The van der Waals surface area contributed by atoms with Gasteiger partial charge in [-0.05, 0) is 31.6 Å². The van der Waals surface area contributed by atoms with E-state index in [0.29, 0.717) is 24.3 Å². The number of unbranched alkanes of at least 4 members (excludes halogenated alkanes) is 1. The maximum absolute atomic E-state index is 11.7. The van der Waals surface area contributed by atoms with Crippen LogP contribution in [0.1, 0.15) is 58.3 Å². The fraction of sp³-hybridized carbons (Fsp3) is 0.923. The lowest BCUT2D eigenvalue weighted by atomic mass is 9.83. The minimum Gasteiger partial charge on any atom is -0.353 e. The molecular formula is C13H24ClNO. The topological polar surface area (TPSA) is 29.1 Å². The molecule has 0 saturated heterocycles. The van der Waals surface area contributed by atoms with Crippen LogP contribution in [0.15, 0.2) is 0 Å². The van der Waals surface area contributed by atoms with Crippen LogP contribution in [-0.4, -0.2) is 17.8 Å². The second-order valence-electron chi connectivity index (χ2n) is 4.77. The average molecular weight is 246 g/mol. The summed E-state index contributed by atoms with van der Waals surface area (Å²) < 4.78 is 0. The Kier molecular flexibility index (Phi) is 6.86. The zero-order valence-electron chi connectivity index (χ0n) is 10.3. The van der Waals surface area contributed by atoms with Gasteiger partial charge in [-0.15, -0.1) is 11.6 Å². The van der Waals surface area contributed by atoms with Crippen molar-refractivity contribution < 1.29 is 4.79 Å². The Bertz CT molecular complexity index is 208. The van der Waals surface area contributed by atoms with E-state index in [1.165, 1.54) is 32.1 Å². The summed E-state index contributed by atoms with van der Waals surface area (Å²) in [4.78, 5) is 11.7. The number of amides is 1. The summed E-state index contributed by atoms with van der Waals surface area (Å²) in [6, 6.07) is 0.433. The molecule has 0 aromatic carbocycles. The molecule has 1 rings (SSSR count). The number of rotatable bonds is 6. The molecule has 1 N–H and O–H groups in total. The summed E-state index contributed by atoms with van der Waals surface area (Å²) in [6.07, 6.45) is 8.73. The van der Waals surface area contributed by atoms with E-state index in [2.05, 4.69) is 12.2 Å². The number of hydrogen-bond acceptors (Lipinski definition) is 1. The highest BCUT2D eigenvalue weighted by Crippen LogP contribution is 2.26. The number of carbonyl (C=O) groups excluding carboxylic acids is 1. The molecule has 1 fully saturated rings. The Labute approximate surface area is 104 Å². The van der Waals surface area contributed by atoms with Crippen molar-refractivity contribution in [3.05, 3.63) is 0 Å². The van der Waals surface area contributed by atoms with E-state index in [9.17, 15) is 4.79 Å². The van der Waals surface area contributed by atoms with Crippen LogP contribution >= 0.6 is 11.6 Å². The van der Waals surface area contributed by atoms with Crippen LogP contribution in [0.5, 0.6) is 0 Å². The lowest BCUT2D eigenvalue weighted by Gasteiger charge is -2.31. The molecule has 3 heteroatoms. The van der Waals surface area contributed by atoms with Gasteiger partial charge in [0.25, 0.3) is 0 Å². The number of carbonyl (C=O) groups is 1. The maximum Gasteiger partial charge on any atom is 0.220 e. The standard InChI is InChI=1S/C13H24ClNO/c1-2-11-7-3-4-8-12(11)15-13(16)9-5-6-10-14/h11-12H,2-10H2,1H3,(H,15,16). The molecule has 0 aromatic rings. The number of nitrogens with one attached hydrogen (secondary N) is 1. The Morgan fingerprint density at radius 1 is 1.31 bits per heavy atom. The van der Waals surface area contributed by atoms with Gasteiger partial charge in [-0.1, -0.05) is 26.2 Å². The van der Waals surface area contributed by atoms with Crippen molar-refractivity contribution in [1.82, 2.24) is 5.32 Å². The lowest BCUT2D eigenvalue weighted by Crippen LogP contribution is -2.41. The second-order valence-corrected chi connectivity index (χ2v) is 5.15. The first-order valence-corrected chi connectivity index (χ1v) is 7.16. The predicted molar refractivity (Wildman–Crippen MR) is 68.8 cm³/mol. The molecule has 1 aliphatic rings. The Hall–Kier alpha value is -0.240. The predicted octanol–water partition coefficient (Wildman–Crippen LogP) is 3.48. The van der Waals surface area contributed by atoms with E-state index in [1.54, 1.807) is 0 Å². The van der Waals surface area contributed by atoms with Gasteiger partial charge < -0.3 is 5.32 Å². The van der Waals surface area contributed by atoms with Gasteiger partial charge in [-0.25, -0.2) is 0 Å². The molecular weight excluding hydrogens is 222 g/mol. The summed E-state index contributed by atoms with van der Waals surface area (Å²) in [5, 5.41) is 3.20. The van der Waals surface area contributed by atoms with Gasteiger partial charge in [0.15, 0.2) is 0 Å². The van der Waals surface area contributed by atoms with Gasteiger partial charge in [-0.3, -0.25) is 4.79 Å². The van der Waals surface area contributed by atoms with E-state index < -0.39 is 0 Å². The molecule has 0 radical (unpaired) electrons. The molecule has 2 unspecified atom stereocenters. The Morgan fingerprint density at radius 3 is 2.75 bits per heavy atom. The molecule has 0 spiro atoms. The fourth-order valence-electron chi connectivity index (χ4n) is 2.55. The maximum atomic E-state index is 11.7. The van der Waals surface area contributed by atoms with E-state index in [1.807, 2.05) is 0 Å². The zero-order chi connectivity index (χ0) is 11.8. The van der Waals surface area contributed by atoms with Crippen LogP contribution in [0.3, 0.4) is 0 Å². The van der Waals surface area contributed by atoms with Crippen molar-refractivity contribution in [3.63, 3.8) is 0 Å². The van der Waals surface area contributed by atoms with Gasteiger partial charge in [-0.2, -0.15) is 0 Å². The molecule has 1 aliphatic carbocycles. The minimum absolute atomic E-state index is 0.218. The summed E-state index contributed by atoms with van der Waals surface area (Å²) in [5.74, 6) is 1.58. The monoisotopic (exact) mass is 245 g/mol. The van der Waals surface area contributed by atoms with Crippen molar-refractivity contribution in [2.75, 3.05) is 5.88 Å². The Balaban J connectivity index is 2.25. The molecule has 0 aliphatic heterocycles. The van der Waals surface area contributed by atoms with Crippen LogP contribution in [0.25, 0.3) is 0 Å². The summed E-state index contributed by atoms with van der Waals surface area (Å²) in [7, 11) is 0. The van der Waals surface area contributed by atoms with E-state index >= 15 is 0 Å². The van der Waals surface area contributed by atoms with Crippen molar-refractivity contribution >= 4 is 17.5 Å². The third kappa shape index (κ3) is 4.73. The molecule has 0 aromatic heterocycles. The van der Waals surface area contributed by atoms with Crippen molar-refractivity contribution in [1.29, 1.82) is 0 Å². The van der Waals surface area contributed by atoms with Gasteiger partial charge in [0.1, 0.15) is 0 Å². The highest BCUT2D eigenvalue weighted by atomic mass is 35.5. The molecule has 0 bridgehead atoms. The van der Waals surface area contributed by atoms with Crippen LogP contribution in [0, 0.1) is 5.92 Å².